The third-order valence-electron chi connectivity index (χ3n) is 12.2. The van der Waals surface area contributed by atoms with E-state index in [-0.39, 0.29) is 38.3 Å². The Balaban J connectivity index is 1.45. The number of thioether (sulfide) groups is 1. The van der Waals surface area contributed by atoms with E-state index >= 15 is 4.79 Å². The molecule has 0 aromatic heterocycles. The van der Waals surface area contributed by atoms with Crippen molar-refractivity contribution in [3.63, 3.8) is 0 Å². The highest BCUT2D eigenvalue weighted by Gasteiger charge is 2.45. The van der Waals surface area contributed by atoms with Crippen LogP contribution in [0, 0.1) is 5.92 Å². The summed E-state index contributed by atoms with van der Waals surface area (Å²) in [6.07, 6.45) is -1.94. The summed E-state index contributed by atoms with van der Waals surface area (Å²) >= 11 is 1.55. The topological polar surface area (TPSA) is 204 Å². The Morgan fingerprint density at radius 2 is 1.28 bits per heavy atom. The summed E-state index contributed by atoms with van der Waals surface area (Å²) in [6.45, 7) is 8.38. The minimum absolute atomic E-state index is 0.0279. The number of alkyl carbamates (subject to hydrolysis) is 1. The molecule has 6 rings (SSSR count). The normalized spacial score (nSPS) is 15.0. The number of rotatable bonds is 20. The first-order chi connectivity index (χ1) is 34.3. The molecule has 0 spiro atoms. The quantitative estimate of drug-likeness (QED) is 0.0394. The van der Waals surface area contributed by atoms with Gasteiger partial charge in [-0.15, -0.1) is 11.8 Å². The third kappa shape index (κ3) is 14.5. The second-order valence-corrected chi connectivity index (χ2v) is 22.0. The second kappa shape index (κ2) is 24.6. The lowest BCUT2D eigenvalue weighted by molar-refractivity contribution is -0.149. The van der Waals surface area contributed by atoms with Crippen LogP contribution < -0.4 is 15.8 Å². The van der Waals surface area contributed by atoms with Gasteiger partial charge in [0.2, 0.25) is 21.8 Å². The van der Waals surface area contributed by atoms with E-state index in [0.29, 0.717) is 5.56 Å². The lowest BCUT2D eigenvalue weighted by atomic mass is 9.84. The van der Waals surface area contributed by atoms with Crippen molar-refractivity contribution < 1.29 is 46.6 Å². The Kier molecular flexibility index (Phi) is 18.7. The number of nitrogens with zero attached hydrogens (tertiary/aromatic N) is 2. The number of methoxy groups -OCH3 is 1. The molecule has 72 heavy (non-hydrogen) atoms. The fourth-order valence-corrected chi connectivity index (χ4v) is 10.9. The van der Waals surface area contributed by atoms with Crippen LogP contribution >= 0.6 is 11.8 Å². The van der Waals surface area contributed by atoms with Gasteiger partial charge in [0.15, 0.2) is 0 Å². The van der Waals surface area contributed by atoms with Crippen LogP contribution in [0.2, 0.25) is 0 Å². The summed E-state index contributed by atoms with van der Waals surface area (Å²) in [7, 11) is -2.93. The maximum absolute atomic E-state index is 15.7. The smallest absolute Gasteiger partial charge is 0.410 e. The number of primary sulfonamides is 1. The zero-order chi connectivity index (χ0) is 52.1. The number of sulfonamides is 1. The van der Waals surface area contributed by atoms with E-state index < -0.39 is 86.2 Å². The van der Waals surface area contributed by atoms with Gasteiger partial charge in [0, 0.05) is 25.3 Å². The molecule has 5 aromatic carbocycles. The summed E-state index contributed by atoms with van der Waals surface area (Å²) in [5, 5.41) is 11.0. The highest BCUT2D eigenvalue weighted by Crippen LogP contribution is 2.48. The fourth-order valence-electron chi connectivity index (χ4n) is 8.83. The molecule has 17 heteroatoms. The Morgan fingerprint density at radius 3 is 1.78 bits per heavy atom. The Labute approximate surface area is 427 Å². The van der Waals surface area contributed by atoms with Crippen molar-refractivity contribution >= 4 is 51.8 Å². The SMILES string of the molecule is COC(=O)[C@H](CCS(N)(=O)=O)NC(=O)[C@@H]1Cc2ccccc2CN1C(=O)[C@H](C(C)C)N(C[C@H](CSC(c1ccccc1)(c1ccccc1)c1ccccc1)NC(=O)OC(C)(C)C)C(=O)OCc1ccccc1. The summed E-state index contributed by atoms with van der Waals surface area (Å²) in [5.74, 6) is -3.31. The lowest BCUT2D eigenvalue weighted by Gasteiger charge is -2.42. The molecule has 382 valence electrons. The summed E-state index contributed by atoms with van der Waals surface area (Å²) in [5.41, 5.74) is 4.24. The van der Waals surface area contributed by atoms with Gasteiger partial charge >= 0.3 is 18.2 Å². The number of hydrogen-bond acceptors (Lipinski definition) is 11. The molecule has 4 N–H and O–H groups in total. The van der Waals surface area contributed by atoms with E-state index in [1.165, 1.54) is 9.80 Å². The standard InChI is InChI=1S/C55H65N5O10S2/c1-38(2)48(50(62)59-34-41-24-20-19-23-40(41)33-47(59)49(61)58-46(51(63)68-6)31-32-72(56,66)67)60(53(65)69-36-39-21-11-7-12-22-39)35-45(57-52(64)70-54(3,4)5)37-71-55(42-25-13-8-14-26-42,43-27-15-9-16-28-43)44-29-17-10-18-30-44/h7-30,38,45-48H,31-37H2,1-6H3,(H,57,64)(H,58,61)(H2,56,66,67)/t45-,46+,47+,48+/m1/s1. The van der Waals surface area contributed by atoms with E-state index in [4.69, 9.17) is 19.3 Å². The van der Waals surface area contributed by atoms with Gasteiger partial charge in [-0.05, 0) is 66.5 Å². The van der Waals surface area contributed by atoms with Crippen LogP contribution in [0.15, 0.2) is 146 Å². The highest BCUT2D eigenvalue weighted by molar-refractivity contribution is 8.00. The minimum Gasteiger partial charge on any atom is -0.467 e. The van der Waals surface area contributed by atoms with Crippen molar-refractivity contribution in [3.05, 3.63) is 179 Å². The molecular weight excluding hydrogens is 955 g/mol. The largest absolute Gasteiger partial charge is 0.467 e. The molecule has 0 aliphatic carbocycles. The van der Waals surface area contributed by atoms with E-state index in [2.05, 4.69) is 47.0 Å². The molecule has 4 atom stereocenters. The van der Waals surface area contributed by atoms with Gasteiger partial charge in [0.05, 0.1) is 23.7 Å². The van der Waals surface area contributed by atoms with Crippen LogP contribution in [0.1, 0.15) is 74.4 Å². The lowest BCUT2D eigenvalue weighted by Crippen LogP contribution is -2.62. The molecule has 0 radical (unpaired) electrons. The van der Waals surface area contributed by atoms with Gasteiger partial charge < -0.3 is 29.7 Å². The van der Waals surface area contributed by atoms with Crippen LogP contribution in [0.5, 0.6) is 0 Å². The maximum atomic E-state index is 15.7. The zero-order valence-corrected chi connectivity index (χ0v) is 43.2. The van der Waals surface area contributed by atoms with E-state index in [1.54, 1.807) is 46.4 Å². The van der Waals surface area contributed by atoms with Crippen molar-refractivity contribution in [1.29, 1.82) is 0 Å². The molecule has 1 aliphatic rings. The predicted molar refractivity (Wildman–Crippen MR) is 278 cm³/mol. The van der Waals surface area contributed by atoms with Gasteiger partial charge in [-0.2, -0.15) is 0 Å². The average molecular weight is 1020 g/mol. The number of nitrogens with one attached hydrogen (secondary N) is 2. The van der Waals surface area contributed by atoms with Crippen molar-refractivity contribution in [1.82, 2.24) is 20.4 Å². The number of carbonyl (C=O) groups excluding carboxylic acids is 5. The molecule has 4 amide bonds. The zero-order valence-electron chi connectivity index (χ0n) is 41.6. The number of carbonyl (C=O) groups is 5. The van der Waals surface area contributed by atoms with Gasteiger partial charge in [-0.3, -0.25) is 14.5 Å². The Morgan fingerprint density at radius 1 is 0.764 bits per heavy atom. The van der Waals surface area contributed by atoms with Crippen molar-refractivity contribution in [3.8, 4) is 0 Å². The Hall–Kier alpha value is -6.69. The molecular formula is C55H65N5O10S2. The molecule has 0 fully saturated rings. The first-order valence-electron chi connectivity index (χ1n) is 23.8. The van der Waals surface area contributed by atoms with Crippen LogP contribution in [-0.2, 0) is 62.9 Å². The minimum atomic E-state index is -4.04. The van der Waals surface area contributed by atoms with Crippen LogP contribution in [-0.4, -0.2) is 103 Å². The van der Waals surface area contributed by atoms with Gasteiger partial charge in [0.1, 0.15) is 30.3 Å². The van der Waals surface area contributed by atoms with Crippen molar-refractivity contribution in [2.45, 2.75) is 95.1 Å². The number of ether oxygens (including phenoxy) is 3. The van der Waals surface area contributed by atoms with Gasteiger partial charge in [-0.25, -0.2) is 27.9 Å². The molecule has 1 aliphatic heterocycles. The third-order valence-corrected chi connectivity index (χ3v) is 14.7. The predicted octanol–water partition coefficient (Wildman–Crippen LogP) is 7.56. The summed E-state index contributed by atoms with van der Waals surface area (Å²) < 4.78 is 39.9. The summed E-state index contributed by atoms with van der Waals surface area (Å²) in [4.78, 5) is 74.8. The van der Waals surface area contributed by atoms with Crippen molar-refractivity contribution in [2.75, 3.05) is 25.2 Å². The number of benzene rings is 5. The molecule has 0 saturated carbocycles. The van der Waals surface area contributed by atoms with E-state index in [1.807, 2.05) is 109 Å². The van der Waals surface area contributed by atoms with E-state index in [9.17, 15) is 27.6 Å². The van der Waals surface area contributed by atoms with E-state index in [0.717, 1.165) is 34.9 Å². The molecule has 5 aromatic rings. The fraction of sp³-hybridized carbons (Fsp3) is 0.364. The van der Waals surface area contributed by atoms with Crippen molar-refractivity contribution in [2.24, 2.45) is 11.1 Å². The maximum Gasteiger partial charge on any atom is 0.410 e. The average Bonchev–Trinajstić information content (AvgIpc) is 3.36. The van der Waals surface area contributed by atoms with Crippen LogP contribution in [0.25, 0.3) is 0 Å². The van der Waals surface area contributed by atoms with Crippen LogP contribution in [0.3, 0.4) is 0 Å². The number of amides is 4. The Bertz CT molecular complexity index is 2630. The van der Waals surface area contributed by atoms with Gasteiger partial charge in [0.25, 0.3) is 0 Å². The number of nitrogens with two attached hydrogens (primary N) is 1. The molecule has 0 bridgehead atoms. The first-order valence-corrected chi connectivity index (χ1v) is 26.5. The molecule has 0 saturated heterocycles. The van der Waals surface area contributed by atoms with Gasteiger partial charge in [-0.1, -0.05) is 159 Å². The molecule has 0 unspecified atom stereocenters. The highest BCUT2D eigenvalue weighted by atomic mass is 32.2. The second-order valence-electron chi connectivity index (χ2n) is 19.0. The summed E-state index contributed by atoms with van der Waals surface area (Å²) in [6, 6.07) is 41.6. The monoisotopic (exact) mass is 1020 g/mol. The molecule has 15 nitrogen and oxygen atoms in total. The number of fused-ring (bicyclic) bond motifs is 1. The first kappa shape index (κ1) is 54.6. The molecule has 1 heterocycles. The number of esters is 1. The van der Waals surface area contributed by atoms with Crippen LogP contribution in [0.4, 0.5) is 9.59 Å². The number of hydrogen-bond donors (Lipinski definition) is 3.